The van der Waals surface area contributed by atoms with Gasteiger partial charge in [-0.3, -0.25) is 9.59 Å². The summed E-state index contributed by atoms with van der Waals surface area (Å²) in [7, 11) is 0. The first kappa shape index (κ1) is 17.2. The Bertz CT molecular complexity index is 318. The second-order valence-corrected chi connectivity index (χ2v) is 5.64. The molecule has 1 aliphatic heterocycles. The summed E-state index contributed by atoms with van der Waals surface area (Å²) in [6, 6.07) is 0.620. The average molecular weight is 304 g/mol. The molecule has 6 heteroatoms. The van der Waals surface area contributed by atoms with Crippen molar-refractivity contribution in [2.24, 2.45) is 5.92 Å². The molecule has 0 radical (unpaired) electrons. The van der Waals surface area contributed by atoms with E-state index in [9.17, 15) is 9.59 Å². The maximum absolute atomic E-state index is 11.8. The molecule has 2 fully saturated rings. The molecule has 20 heavy (non-hydrogen) atoms. The van der Waals surface area contributed by atoms with Crippen LogP contribution in [0.15, 0.2) is 0 Å². The molecule has 1 aliphatic carbocycles. The van der Waals surface area contributed by atoms with Crippen LogP contribution in [0, 0.1) is 5.92 Å². The van der Waals surface area contributed by atoms with Crippen molar-refractivity contribution in [3.8, 4) is 0 Å². The van der Waals surface area contributed by atoms with Crippen LogP contribution >= 0.6 is 12.4 Å². The fraction of sp³-hybridized carbons (Fsp3) is 0.857. The third-order valence-corrected chi connectivity index (χ3v) is 4.06. The smallest absolute Gasteiger partial charge is 0.225 e. The lowest BCUT2D eigenvalue weighted by molar-refractivity contribution is -0.126. The maximum Gasteiger partial charge on any atom is 0.225 e. The SMILES string of the molecule is Cl.O=C1CC(C(=O)NCCNC2CCCCCC2)CN1. The van der Waals surface area contributed by atoms with Gasteiger partial charge in [-0.05, 0) is 12.8 Å². The second kappa shape index (κ2) is 9.19. The van der Waals surface area contributed by atoms with Gasteiger partial charge in [0.1, 0.15) is 0 Å². The van der Waals surface area contributed by atoms with Gasteiger partial charge in [0, 0.05) is 32.1 Å². The minimum atomic E-state index is -0.176. The predicted octanol–water partition coefficient (Wildman–Crippen LogP) is 0.973. The van der Waals surface area contributed by atoms with Crippen molar-refractivity contribution >= 4 is 24.2 Å². The maximum atomic E-state index is 11.8. The fourth-order valence-corrected chi connectivity index (χ4v) is 2.88. The van der Waals surface area contributed by atoms with Crippen LogP contribution < -0.4 is 16.0 Å². The lowest BCUT2D eigenvalue weighted by Gasteiger charge is -2.16. The highest BCUT2D eigenvalue weighted by Crippen LogP contribution is 2.16. The predicted molar refractivity (Wildman–Crippen MR) is 80.9 cm³/mol. The van der Waals surface area contributed by atoms with Crippen molar-refractivity contribution in [3.05, 3.63) is 0 Å². The molecule has 2 rings (SSSR count). The van der Waals surface area contributed by atoms with Crippen LogP contribution in [-0.2, 0) is 9.59 Å². The Morgan fingerprint density at radius 2 is 1.85 bits per heavy atom. The van der Waals surface area contributed by atoms with Crippen molar-refractivity contribution in [2.45, 2.75) is 51.0 Å². The van der Waals surface area contributed by atoms with E-state index in [4.69, 9.17) is 0 Å². The highest BCUT2D eigenvalue weighted by Gasteiger charge is 2.27. The first-order valence-electron chi connectivity index (χ1n) is 7.53. The Labute approximate surface area is 127 Å². The zero-order valence-electron chi connectivity index (χ0n) is 12.0. The summed E-state index contributed by atoms with van der Waals surface area (Å²) >= 11 is 0. The Morgan fingerprint density at radius 3 is 2.45 bits per heavy atom. The van der Waals surface area contributed by atoms with Crippen molar-refractivity contribution in [2.75, 3.05) is 19.6 Å². The van der Waals surface area contributed by atoms with Gasteiger partial charge < -0.3 is 16.0 Å². The van der Waals surface area contributed by atoms with Crippen molar-refractivity contribution < 1.29 is 9.59 Å². The Balaban J connectivity index is 0.00000200. The molecule has 0 aromatic heterocycles. The molecule has 1 unspecified atom stereocenters. The van der Waals surface area contributed by atoms with E-state index < -0.39 is 0 Å². The molecule has 5 nitrogen and oxygen atoms in total. The molecule has 0 bridgehead atoms. The van der Waals surface area contributed by atoms with Gasteiger partial charge in [0.15, 0.2) is 0 Å². The van der Waals surface area contributed by atoms with Crippen LogP contribution in [0.5, 0.6) is 0 Å². The van der Waals surface area contributed by atoms with E-state index in [0.717, 1.165) is 6.54 Å². The number of halogens is 1. The Morgan fingerprint density at radius 1 is 1.15 bits per heavy atom. The molecular formula is C14H26ClN3O2. The van der Waals surface area contributed by atoms with Crippen molar-refractivity contribution in [1.82, 2.24) is 16.0 Å². The summed E-state index contributed by atoms with van der Waals surface area (Å²) in [5, 5.41) is 9.11. The summed E-state index contributed by atoms with van der Waals surface area (Å²) in [6.07, 6.45) is 8.21. The van der Waals surface area contributed by atoms with Crippen LogP contribution in [0.3, 0.4) is 0 Å². The number of nitrogens with one attached hydrogen (secondary N) is 3. The average Bonchev–Trinajstić information content (AvgIpc) is 2.68. The number of carbonyl (C=O) groups excluding carboxylic acids is 2. The zero-order valence-corrected chi connectivity index (χ0v) is 12.8. The molecule has 0 spiro atoms. The lowest BCUT2D eigenvalue weighted by Crippen LogP contribution is -2.39. The van der Waals surface area contributed by atoms with Gasteiger partial charge in [0.25, 0.3) is 0 Å². The lowest BCUT2D eigenvalue weighted by atomic mass is 10.1. The van der Waals surface area contributed by atoms with Gasteiger partial charge in [-0.25, -0.2) is 0 Å². The van der Waals surface area contributed by atoms with E-state index in [0.29, 0.717) is 25.6 Å². The summed E-state index contributed by atoms with van der Waals surface area (Å²) in [5.41, 5.74) is 0. The molecule has 0 aromatic rings. The summed E-state index contributed by atoms with van der Waals surface area (Å²) in [6.45, 7) is 1.96. The molecule has 1 saturated carbocycles. The van der Waals surface area contributed by atoms with Crippen LogP contribution in [0.1, 0.15) is 44.9 Å². The topological polar surface area (TPSA) is 70.2 Å². The zero-order chi connectivity index (χ0) is 13.5. The van der Waals surface area contributed by atoms with E-state index >= 15 is 0 Å². The van der Waals surface area contributed by atoms with Crippen molar-refractivity contribution in [1.29, 1.82) is 0 Å². The standard InChI is InChI=1S/C14H25N3O2.ClH/c18-13-9-11(10-17-13)14(19)16-8-7-15-12-5-3-1-2-4-6-12;/h11-12,15H,1-10H2,(H,16,19)(H,17,18);1H. The molecule has 2 amide bonds. The molecule has 116 valence electrons. The van der Waals surface area contributed by atoms with Gasteiger partial charge in [-0.2, -0.15) is 0 Å². The van der Waals surface area contributed by atoms with Gasteiger partial charge in [-0.15, -0.1) is 12.4 Å². The Hall–Kier alpha value is -0.810. The first-order chi connectivity index (χ1) is 9.25. The van der Waals surface area contributed by atoms with Crippen LogP contribution in [0.2, 0.25) is 0 Å². The highest BCUT2D eigenvalue weighted by atomic mass is 35.5. The monoisotopic (exact) mass is 303 g/mol. The minimum absolute atomic E-state index is 0. The summed E-state index contributed by atoms with van der Waals surface area (Å²) < 4.78 is 0. The Kier molecular flexibility index (Phi) is 7.92. The fourth-order valence-electron chi connectivity index (χ4n) is 2.88. The van der Waals surface area contributed by atoms with Gasteiger partial charge >= 0.3 is 0 Å². The normalized spacial score (nSPS) is 23.6. The number of hydrogen-bond acceptors (Lipinski definition) is 3. The molecule has 1 atom stereocenters. The van der Waals surface area contributed by atoms with E-state index in [2.05, 4.69) is 16.0 Å². The molecule has 2 aliphatic rings. The highest BCUT2D eigenvalue weighted by molar-refractivity contribution is 5.89. The number of rotatable bonds is 5. The molecule has 1 heterocycles. The van der Waals surface area contributed by atoms with E-state index in [1.807, 2.05) is 0 Å². The minimum Gasteiger partial charge on any atom is -0.355 e. The third kappa shape index (κ3) is 5.67. The van der Waals surface area contributed by atoms with Crippen molar-refractivity contribution in [3.63, 3.8) is 0 Å². The van der Waals surface area contributed by atoms with Crippen LogP contribution in [0.25, 0.3) is 0 Å². The number of carbonyl (C=O) groups is 2. The molecule has 3 N–H and O–H groups in total. The third-order valence-electron chi connectivity index (χ3n) is 4.06. The first-order valence-corrected chi connectivity index (χ1v) is 7.53. The largest absolute Gasteiger partial charge is 0.355 e. The molecule has 1 saturated heterocycles. The quantitative estimate of drug-likeness (QED) is 0.524. The molecular weight excluding hydrogens is 278 g/mol. The van der Waals surface area contributed by atoms with Crippen LogP contribution in [-0.4, -0.2) is 37.5 Å². The van der Waals surface area contributed by atoms with E-state index in [1.165, 1.54) is 38.5 Å². The van der Waals surface area contributed by atoms with Gasteiger partial charge in [-0.1, -0.05) is 25.7 Å². The second-order valence-electron chi connectivity index (χ2n) is 5.64. The van der Waals surface area contributed by atoms with Gasteiger partial charge in [0.2, 0.25) is 11.8 Å². The van der Waals surface area contributed by atoms with Gasteiger partial charge in [0.05, 0.1) is 5.92 Å². The number of amides is 2. The summed E-state index contributed by atoms with van der Waals surface area (Å²) in [5.74, 6) is -0.192. The summed E-state index contributed by atoms with van der Waals surface area (Å²) in [4.78, 5) is 22.8. The molecule has 0 aromatic carbocycles. The van der Waals surface area contributed by atoms with Crippen LogP contribution in [0.4, 0.5) is 0 Å². The van der Waals surface area contributed by atoms with E-state index in [-0.39, 0.29) is 30.1 Å². The van der Waals surface area contributed by atoms with E-state index in [1.54, 1.807) is 0 Å². The number of hydrogen-bond donors (Lipinski definition) is 3.